The number of hydrogen-bond donors (Lipinski definition) is 1. The Morgan fingerprint density at radius 1 is 1.00 bits per heavy atom. The molecule has 0 saturated heterocycles. The van der Waals surface area contributed by atoms with E-state index in [1.807, 2.05) is 37.3 Å². The number of para-hydroxylation sites is 1. The van der Waals surface area contributed by atoms with E-state index in [2.05, 4.69) is 15.5 Å². The van der Waals surface area contributed by atoms with Gasteiger partial charge in [0.25, 0.3) is 5.91 Å². The topological polar surface area (TPSA) is 74.0 Å². The second-order valence-electron chi connectivity index (χ2n) is 7.01. The maximum absolute atomic E-state index is 12.6. The molecule has 0 saturated carbocycles. The van der Waals surface area contributed by atoms with Crippen LogP contribution in [-0.4, -0.2) is 25.5 Å². The zero-order valence-corrected chi connectivity index (χ0v) is 19.2. The number of halogens is 3. The second-order valence-corrected chi connectivity index (χ2v) is 8.23. The average Bonchev–Trinajstić information content (AvgIpc) is 3.37. The fourth-order valence-corrected chi connectivity index (χ4v) is 3.49. The number of aryl methyl sites for hydroxylation is 1. The molecular weight excluding hydrogens is 473 g/mol. The van der Waals surface area contributed by atoms with E-state index < -0.39 is 5.91 Å². The minimum Gasteiger partial charge on any atom is -0.471 e. The van der Waals surface area contributed by atoms with Gasteiger partial charge in [-0.25, -0.2) is 4.68 Å². The lowest BCUT2D eigenvalue weighted by atomic mass is 10.2. The van der Waals surface area contributed by atoms with E-state index in [4.69, 9.17) is 39.5 Å². The first-order valence-corrected chi connectivity index (χ1v) is 10.7. The normalized spacial score (nSPS) is 10.9. The zero-order valence-electron chi connectivity index (χ0n) is 16.9. The number of aromatic nitrogens is 4. The Bertz CT molecular complexity index is 1270. The fraction of sp³-hybridized carbons (Fsp3) is 0.136. The van der Waals surface area contributed by atoms with Crippen LogP contribution in [0.15, 0.2) is 60.9 Å². The van der Waals surface area contributed by atoms with Crippen LogP contribution in [0, 0.1) is 6.92 Å². The molecule has 0 aliphatic heterocycles. The zero-order chi connectivity index (χ0) is 22.7. The largest absolute Gasteiger partial charge is 0.471 e. The number of anilines is 1. The van der Waals surface area contributed by atoms with Gasteiger partial charge in [0, 0.05) is 12.4 Å². The van der Waals surface area contributed by atoms with Crippen molar-refractivity contribution >= 4 is 46.5 Å². The van der Waals surface area contributed by atoms with E-state index in [1.54, 1.807) is 35.3 Å². The highest BCUT2D eigenvalue weighted by atomic mass is 35.5. The molecule has 1 N–H and O–H groups in total. The average molecular weight is 491 g/mol. The Kier molecular flexibility index (Phi) is 6.69. The van der Waals surface area contributed by atoms with Gasteiger partial charge in [-0.15, -0.1) is 0 Å². The number of rotatable bonds is 7. The summed E-state index contributed by atoms with van der Waals surface area (Å²) in [5.74, 6) is 0.567. The predicted octanol–water partition coefficient (Wildman–Crippen LogP) is 5.69. The first kappa shape index (κ1) is 22.2. The lowest BCUT2D eigenvalue weighted by Crippen LogP contribution is -2.15. The van der Waals surface area contributed by atoms with Crippen LogP contribution in [-0.2, 0) is 13.3 Å². The summed E-state index contributed by atoms with van der Waals surface area (Å²) >= 11 is 18.3. The molecule has 0 unspecified atom stereocenters. The Morgan fingerprint density at radius 2 is 1.81 bits per heavy atom. The van der Waals surface area contributed by atoms with Crippen LogP contribution in [0.4, 0.5) is 5.82 Å². The van der Waals surface area contributed by atoms with Gasteiger partial charge in [-0.2, -0.15) is 10.2 Å². The van der Waals surface area contributed by atoms with Crippen molar-refractivity contribution in [3.05, 3.63) is 92.8 Å². The van der Waals surface area contributed by atoms with E-state index in [1.165, 1.54) is 4.68 Å². The number of amides is 1. The SMILES string of the molecule is Cc1ccccc1OCn1ccc(C(=O)Nc2nn(Cc3ccc(Cl)c(Cl)c3)cc2Cl)n1. The van der Waals surface area contributed by atoms with Crippen LogP contribution >= 0.6 is 34.8 Å². The third-order valence-corrected chi connectivity index (χ3v) is 5.61. The van der Waals surface area contributed by atoms with Crippen LogP contribution in [0.25, 0.3) is 0 Å². The number of ether oxygens (including phenoxy) is 1. The first-order valence-electron chi connectivity index (χ1n) is 9.59. The Labute approximate surface area is 199 Å². The quantitative estimate of drug-likeness (QED) is 0.361. The standard InChI is InChI=1S/C22H18Cl3N5O2/c1-14-4-2-3-5-20(14)32-13-29-9-8-19(27-29)22(31)26-21-18(25)12-30(28-21)11-15-6-7-16(23)17(24)10-15/h2-10,12H,11,13H2,1H3,(H,26,28,31). The number of benzene rings is 2. The van der Waals surface area contributed by atoms with Crippen molar-refractivity contribution in [2.75, 3.05) is 5.32 Å². The molecule has 2 aromatic carbocycles. The highest BCUT2D eigenvalue weighted by Crippen LogP contribution is 2.25. The molecule has 2 heterocycles. The summed E-state index contributed by atoms with van der Waals surface area (Å²) in [5, 5.41) is 12.5. The van der Waals surface area contributed by atoms with Crippen molar-refractivity contribution in [1.29, 1.82) is 0 Å². The minimum atomic E-state index is -0.429. The second kappa shape index (κ2) is 9.65. The third kappa shape index (κ3) is 5.24. The van der Waals surface area contributed by atoms with Gasteiger partial charge in [0.05, 0.1) is 16.6 Å². The van der Waals surface area contributed by atoms with E-state index in [0.29, 0.717) is 21.6 Å². The third-order valence-electron chi connectivity index (χ3n) is 4.60. The number of carbonyl (C=O) groups is 1. The van der Waals surface area contributed by atoms with Gasteiger partial charge in [0.15, 0.2) is 18.2 Å². The van der Waals surface area contributed by atoms with Crippen LogP contribution in [0.1, 0.15) is 21.6 Å². The molecule has 32 heavy (non-hydrogen) atoms. The highest BCUT2D eigenvalue weighted by Gasteiger charge is 2.15. The predicted molar refractivity (Wildman–Crippen MR) is 125 cm³/mol. The van der Waals surface area contributed by atoms with Gasteiger partial charge in [-0.1, -0.05) is 59.1 Å². The lowest BCUT2D eigenvalue weighted by molar-refractivity contribution is 0.101. The molecule has 0 aliphatic rings. The van der Waals surface area contributed by atoms with Gasteiger partial charge >= 0.3 is 0 Å². The number of nitrogens with one attached hydrogen (secondary N) is 1. The van der Waals surface area contributed by atoms with Crippen LogP contribution in [0.5, 0.6) is 5.75 Å². The summed E-state index contributed by atoms with van der Waals surface area (Å²) in [6, 6.07) is 14.6. The van der Waals surface area contributed by atoms with Crippen LogP contribution in [0.2, 0.25) is 15.1 Å². The number of carbonyl (C=O) groups excluding carboxylic acids is 1. The maximum Gasteiger partial charge on any atom is 0.277 e. The van der Waals surface area contributed by atoms with Crippen molar-refractivity contribution in [2.45, 2.75) is 20.2 Å². The van der Waals surface area contributed by atoms with Gasteiger partial charge in [-0.05, 0) is 42.3 Å². The Morgan fingerprint density at radius 3 is 2.59 bits per heavy atom. The summed E-state index contributed by atoms with van der Waals surface area (Å²) in [6.07, 6.45) is 3.28. The molecule has 0 radical (unpaired) electrons. The van der Waals surface area contributed by atoms with Gasteiger partial charge in [0.2, 0.25) is 0 Å². The summed E-state index contributed by atoms with van der Waals surface area (Å²) in [6.45, 7) is 2.55. The summed E-state index contributed by atoms with van der Waals surface area (Å²) in [5.41, 5.74) is 2.13. The van der Waals surface area contributed by atoms with Gasteiger partial charge in [0.1, 0.15) is 10.8 Å². The van der Waals surface area contributed by atoms with E-state index in [9.17, 15) is 4.79 Å². The van der Waals surface area contributed by atoms with E-state index in [0.717, 1.165) is 16.9 Å². The molecule has 2 aromatic heterocycles. The molecular formula is C22H18Cl3N5O2. The van der Waals surface area contributed by atoms with Gasteiger partial charge < -0.3 is 10.1 Å². The monoisotopic (exact) mass is 489 g/mol. The summed E-state index contributed by atoms with van der Waals surface area (Å²) in [4.78, 5) is 12.6. The van der Waals surface area contributed by atoms with E-state index >= 15 is 0 Å². The molecule has 7 nitrogen and oxygen atoms in total. The van der Waals surface area contributed by atoms with Gasteiger partial charge in [-0.3, -0.25) is 9.48 Å². The number of nitrogens with zero attached hydrogens (tertiary/aromatic N) is 4. The highest BCUT2D eigenvalue weighted by molar-refractivity contribution is 6.42. The van der Waals surface area contributed by atoms with Crippen LogP contribution < -0.4 is 10.1 Å². The van der Waals surface area contributed by atoms with Crippen molar-refractivity contribution in [3.8, 4) is 5.75 Å². The van der Waals surface area contributed by atoms with Crippen molar-refractivity contribution in [1.82, 2.24) is 19.6 Å². The Balaban J connectivity index is 1.39. The van der Waals surface area contributed by atoms with Crippen molar-refractivity contribution < 1.29 is 9.53 Å². The molecule has 10 heteroatoms. The van der Waals surface area contributed by atoms with Crippen molar-refractivity contribution in [2.24, 2.45) is 0 Å². The smallest absolute Gasteiger partial charge is 0.277 e. The van der Waals surface area contributed by atoms with Crippen molar-refractivity contribution in [3.63, 3.8) is 0 Å². The maximum atomic E-state index is 12.6. The summed E-state index contributed by atoms with van der Waals surface area (Å²) < 4.78 is 8.88. The fourth-order valence-electron chi connectivity index (χ4n) is 2.97. The molecule has 0 atom stereocenters. The molecule has 4 aromatic rings. The molecule has 0 bridgehead atoms. The van der Waals surface area contributed by atoms with E-state index in [-0.39, 0.29) is 18.2 Å². The molecule has 164 valence electrons. The Hall–Kier alpha value is -3.00. The molecule has 0 fully saturated rings. The minimum absolute atomic E-state index is 0.178. The molecule has 1 amide bonds. The molecule has 0 aliphatic carbocycles. The number of hydrogen-bond acceptors (Lipinski definition) is 4. The molecule has 0 spiro atoms. The first-order chi connectivity index (χ1) is 15.4. The van der Waals surface area contributed by atoms with Crippen LogP contribution in [0.3, 0.4) is 0 Å². The molecule has 4 rings (SSSR count). The lowest BCUT2D eigenvalue weighted by Gasteiger charge is -2.08. The summed E-state index contributed by atoms with van der Waals surface area (Å²) in [7, 11) is 0.